The number of amides is 1. The largest absolute Gasteiger partial charge is 0.394 e. The third-order valence-corrected chi connectivity index (χ3v) is 2.42. The maximum Gasteiger partial charge on any atom is 0.225 e. The molecule has 1 amide bonds. The second-order valence-corrected chi connectivity index (χ2v) is 3.82. The minimum atomic E-state index is -0.0700. The van der Waals surface area contributed by atoms with Gasteiger partial charge in [-0.3, -0.25) is 9.48 Å². The van der Waals surface area contributed by atoms with Gasteiger partial charge in [-0.05, 0) is 20.3 Å². The fourth-order valence-electron chi connectivity index (χ4n) is 1.50. The second-order valence-electron chi connectivity index (χ2n) is 3.82. The van der Waals surface area contributed by atoms with Crippen molar-refractivity contribution in [2.24, 2.45) is 7.05 Å². The van der Waals surface area contributed by atoms with E-state index in [2.05, 4.69) is 10.4 Å². The molecule has 0 bridgehead atoms. The lowest BCUT2D eigenvalue weighted by molar-refractivity contribution is -0.116. The van der Waals surface area contributed by atoms with E-state index in [1.54, 1.807) is 18.7 Å². The first-order valence-corrected chi connectivity index (χ1v) is 5.73. The first-order chi connectivity index (χ1) is 8.06. The summed E-state index contributed by atoms with van der Waals surface area (Å²) in [7, 11) is 1.75. The van der Waals surface area contributed by atoms with Crippen LogP contribution in [0.15, 0.2) is 0 Å². The molecular formula is C11H20N4O2. The van der Waals surface area contributed by atoms with Crippen LogP contribution in [-0.4, -0.2) is 28.9 Å². The van der Waals surface area contributed by atoms with Crippen LogP contribution in [0.3, 0.4) is 0 Å². The van der Waals surface area contributed by atoms with Crippen LogP contribution < -0.4 is 11.1 Å². The van der Waals surface area contributed by atoms with Gasteiger partial charge in [-0.25, -0.2) is 0 Å². The summed E-state index contributed by atoms with van der Waals surface area (Å²) < 4.78 is 6.74. The van der Waals surface area contributed by atoms with Gasteiger partial charge in [0.15, 0.2) is 5.82 Å². The lowest BCUT2D eigenvalue weighted by Crippen LogP contribution is -2.15. The molecule has 0 unspecified atom stereocenters. The average molecular weight is 240 g/mol. The van der Waals surface area contributed by atoms with Gasteiger partial charge in [-0.1, -0.05) is 0 Å². The molecule has 0 aliphatic heterocycles. The van der Waals surface area contributed by atoms with Crippen molar-refractivity contribution in [2.75, 3.05) is 24.3 Å². The van der Waals surface area contributed by atoms with Gasteiger partial charge in [0.1, 0.15) is 0 Å². The molecular weight excluding hydrogens is 220 g/mol. The molecule has 0 saturated heterocycles. The molecule has 6 nitrogen and oxygen atoms in total. The Morgan fingerprint density at radius 2 is 2.29 bits per heavy atom. The lowest BCUT2D eigenvalue weighted by Gasteiger charge is -2.06. The molecule has 0 atom stereocenters. The molecule has 0 saturated carbocycles. The number of nitrogen functional groups attached to an aromatic ring is 1. The highest BCUT2D eigenvalue weighted by Crippen LogP contribution is 2.20. The molecule has 1 heterocycles. The van der Waals surface area contributed by atoms with Gasteiger partial charge < -0.3 is 15.8 Å². The molecule has 3 N–H and O–H groups in total. The number of hydrogen-bond donors (Lipinski definition) is 2. The number of nitrogens with zero attached hydrogens (tertiary/aromatic N) is 2. The molecule has 0 aromatic carbocycles. The van der Waals surface area contributed by atoms with E-state index in [1.165, 1.54) is 0 Å². The molecule has 1 aromatic rings. The van der Waals surface area contributed by atoms with Crippen LogP contribution in [0, 0.1) is 6.92 Å². The number of carbonyl (C=O) groups excluding carboxylic acids is 1. The van der Waals surface area contributed by atoms with Crippen LogP contribution in [0.1, 0.15) is 25.5 Å². The Morgan fingerprint density at radius 3 is 2.82 bits per heavy atom. The predicted octanol–water partition coefficient (Wildman–Crippen LogP) is 1.07. The van der Waals surface area contributed by atoms with Crippen molar-refractivity contribution in [3.63, 3.8) is 0 Å². The lowest BCUT2D eigenvalue weighted by atomic mass is 10.3. The molecule has 96 valence electrons. The summed E-state index contributed by atoms with van der Waals surface area (Å²) in [5, 5.41) is 6.88. The molecule has 0 spiro atoms. The van der Waals surface area contributed by atoms with Gasteiger partial charge in [-0.2, -0.15) is 5.10 Å². The van der Waals surface area contributed by atoms with Crippen molar-refractivity contribution in [1.29, 1.82) is 0 Å². The van der Waals surface area contributed by atoms with E-state index in [4.69, 9.17) is 10.5 Å². The number of carbonyl (C=O) groups is 1. The number of hydrogen-bond acceptors (Lipinski definition) is 4. The van der Waals surface area contributed by atoms with E-state index in [0.29, 0.717) is 37.6 Å². The Kier molecular flexibility index (Phi) is 4.96. The first-order valence-electron chi connectivity index (χ1n) is 5.73. The zero-order valence-corrected chi connectivity index (χ0v) is 10.6. The van der Waals surface area contributed by atoms with Gasteiger partial charge in [0.2, 0.25) is 5.91 Å². The summed E-state index contributed by atoms with van der Waals surface area (Å²) in [6, 6.07) is 0. The van der Waals surface area contributed by atoms with Crippen LogP contribution in [0.2, 0.25) is 0 Å². The Balaban J connectivity index is 2.45. The highest BCUT2D eigenvalue weighted by atomic mass is 16.5. The van der Waals surface area contributed by atoms with Gasteiger partial charge >= 0.3 is 0 Å². The Labute approximate surface area is 101 Å². The van der Waals surface area contributed by atoms with Crippen LogP contribution in [0.25, 0.3) is 0 Å². The quantitative estimate of drug-likeness (QED) is 0.728. The Bertz CT molecular complexity index is 387. The fraction of sp³-hybridized carbons (Fsp3) is 0.636. The van der Waals surface area contributed by atoms with Gasteiger partial charge in [-0.15, -0.1) is 0 Å². The zero-order valence-electron chi connectivity index (χ0n) is 10.6. The predicted molar refractivity (Wildman–Crippen MR) is 66.7 cm³/mol. The number of aromatic nitrogens is 2. The molecule has 1 aromatic heterocycles. The SMILES string of the molecule is CCOCCCC(=O)Nc1c(N)c(C)nn1C. The number of anilines is 2. The minimum Gasteiger partial charge on any atom is -0.394 e. The summed E-state index contributed by atoms with van der Waals surface area (Å²) in [5.41, 5.74) is 7.04. The standard InChI is InChI=1S/C11H20N4O2/c1-4-17-7-5-6-9(16)13-11-10(12)8(2)14-15(11)3/h4-7,12H2,1-3H3,(H,13,16). The summed E-state index contributed by atoms with van der Waals surface area (Å²) in [4.78, 5) is 11.6. The first kappa shape index (κ1) is 13.5. The van der Waals surface area contributed by atoms with Gasteiger partial charge in [0, 0.05) is 26.7 Å². The monoisotopic (exact) mass is 240 g/mol. The van der Waals surface area contributed by atoms with E-state index < -0.39 is 0 Å². The molecule has 1 rings (SSSR count). The topological polar surface area (TPSA) is 82.2 Å². The average Bonchev–Trinajstić information content (AvgIpc) is 2.52. The third kappa shape index (κ3) is 3.74. The fourth-order valence-corrected chi connectivity index (χ4v) is 1.50. The summed E-state index contributed by atoms with van der Waals surface area (Å²) in [5.74, 6) is 0.489. The van der Waals surface area contributed by atoms with Gasteiger partial charge in [0.05, 0.1) is 11.4 Å². The van der Waals surface area contributed by atoms with E-state index in [1.807, 2.05) is 6.92 Å². The Hall–Kier alpha value is -1.56. The van der Waals surface area contributed by atoms with E-state index in [-0.39, 0.29) is 5.91 Å². The molecule has 0 aliphatic carbocycles. The Morgan fingerprint density at radius 1 is 1.59 bits per heavy atom. The van der Waals surface area contributed by atoms with Gasteiger partial charge in [0.25, 0.3) is 0 Å². The summed E-state index contributed by atoms with van der Waals surface area (Å²) in [6.07, 6.45) is 1.13. The van der Waals surface area contributed by atoms with Crippen molar-refractivity contribution >= 4 is 17.4 Å². The normalized spacial score (nSPS) is 10.5. The van der Waals surface area contributed by atoms with Crippen molar-refractivity contribution in [3.8, 4) is 0 Å². The second kappa shape index (κ2) is 6.24. The smallest absolute Gasteiger partial charge is 0.225 e. The highest BCUT2D eigenvalue weighted by molar-refractivity contribution is 5.92. The van der Waals surface area contributed by atoms with E-state index in [0.717, 1.165) is 5.69 Å². The van der Waals surface area contributed by atoms with Crippen LogP contribution in [-0.2, 0) is 16.6 Å². The van der Waals surface area contributed by atoms with Crippen LogP contribution in [0.5, 0.6) is 0 Å². The van der Waals surface area contributed by atoms with E-state index >= 15 is 0 Å². The summed E-state index contributed by atoms with van der Waals surface area (Å²) >= 11 is 0. The van der Waals surface area contributed by atoms with Crippen LogP contribution >= 0.6 is 0 Å². The zero-order chi connectivity index (χ0) is 12.8. The molecule has 17 heavy (non-hydrogen) atoms. The number of nitrogens with one attached hydrogen (secondary N) is 1. The molecule has 0 aliphatic rings. The molecule has 0 radical (unpaired) electrons. The van der Waals surface area contributed by atoms with Crippen LogP contribution in [0.4, 0.5) is 11.5 Å². The van der Waals surface area contributed by atoms with E-state index in [9.17, 15) is 4.79 Å². The number of rotatable bonds is 6. The van der Waals surface area contributed by atoms with Crippen molar-refractivity contribution in [2.45, 2.75) is 26.7 Å². The van der Waals surface area contributed by atoms with Crippen molar-refractivity contribution < 1.29 is 9.53 Å². The summed E-state index contributed by atoms with van der Waals surface area (Å²) in [6.45, 7) is 5.01. The number of aryl methyl sites for hydroxylation is 2. The maximum atomic E-state index is 11.6. The highest BCUT2D eigenvalue weighted by Gasteiger charge is 2.12. The third-order valence-electron chi connectivity index (χ3n) is 2.42. The number of ether oxygens (including phenoxy) is 1. The molecule has 0 fully saturated rings. The maximum absolute atomic E-state index is 11.6. The van der Waals surface area contributed by atoms with Crippen molar-refractivity contribution in [3.05, 3.63) is 5.69 Å². The minimum absolute atomic E-state index is 0.0700. The number of nitrogens with two attached hydrogens (primary N) is 1. The molecule has 6 heteroatoms. The van der Waals surface area contributed by atoms with Crippen molar-refractivity contribution in [1.82, 2.24) is 9.78 Å².